The summed E-state index contributed by atoms with van der Waals surface area (Å²) in [4.78, 5) is -0.119. The van der Waals surface area contributed by atoms with Crippen molar-refractivity contribution in [3.8, 4) is 5.75 Å². The van der Waals surface area contributed by atoms with Gasteiger partial charge in [0.15, 0.2) is 0 Å². The zero-order chi connectivity index (χ0) is 12.2. The standard InChI is InChI=1S/C10H10Cl2O3S/c1-2-3-6-15-9-5-4-8(11)7-10(9)16(12,13)14/h2-5,7H,6H2,1H3/b3-2+. The van der Waals surface area contributed by atoms with E-state index < -0.39 is 9.05 Å². The van der Waals surface area contributed by atoms with E-state index >= 15 is 0 Å². The average Bonchev–Trinajstić information content (AvgIpc) is 2.19. The van der Waals surface area contributed by atoms with Gasteiger partial charge in [0.05, 0.1) is 0 Å². The van der Waals surface area contributed by atoms with E-state index in [9.17, 15) is 8.42 Å². The predicted molar refractivity (Wildman–Crippen MR) is 64.8 cm³/mol. The smallest absolute Gasteiger partial charge is 0.265 e. The van der Waals surface area contributed by atoms with Gasteiger partial charge in [0, 0.05) is 15.7 Å². The molecule has 0 aliphatic rings. The Morgan fingerprint density at radius 3 is 2.69 bits per heavy atom. The first-order valence-corrected chi connectivity index (χ1v) is 7.12. The molecule has 0 aromatic heterocycles. The number of rotatable bonds is 4. The highest BCUT2D eigenvalue weighted by Crippen LogP contribution is 2.29. The molecule has 0 fully saturated rings. The summed E-state index contributed by atoms with van der Waals surface area (Å²) in [6.45, 7) is 2.11. The molecule has 16 heavy (non-hydrogen) atoms. The van der Waals surface area contributed by atoms with Gasteiger partial charge in [0.25, 0.3) is 9.05 Å². The third kappa shape index (κ3) is 3.70. The van der Waals surface area contributed by atoms with Crippen molar-refractivity contribution in [2.75, 3.05) is 6.61 Å². The topological polar surface area (TPSA) is 43.4 Å². The molecule has 0 aliphatic carbocycles. The number of benzene rings is 1. The molecule has 0 amide bonds. The Morgan fingerprint density at radius 2 is 2.12 bits per heavy atom. The minimum atomic E-state index is -3.85. The molecule has 88 valence electrons. The molecule has 6 heteroatoms. The predicted octanol–water partition coefficient (Wildman–Crippen LogP) is 3.22. The molecule has 0 heterocycles. The summed E-state index contributed by atoms with van der Waals surface area (Å²) < 4.78 is 27.7. The van der Waals surface area contributed by atoms with Gasteiger partial charge in [0.2, 0.25) is 0 Å². The number of hydrogen-bond acceptors (Lipinski definition) is 3. The minimum Gasteiger partial charge on any atom is -0.488 e. The molecule has 0 N–H and O–H groups in total. The zero-order valence-electron chi connectivity index (χ0n) is 8.48. The van der Waals surface area contributed by atoms with Gasteiger partial charge in [-0.05, 0) is 25.1 Å². The molecule has 0 saturated heterocycles. The van der Waals surface area contributed by atoms with Crippen molar-refractivity contribution in [2.24, 2.45) is 0 Å². The first-order chi connectivity index (χ1) is 7.45. The van der Waals surface area contributed by atoms with E-state index in [0.29, 0.717) is 0 Å². The van der Waals surface area contributed by atoms with E-state index in [4.69, 9.17) is 27.0 Å². The van der Waals surface area contributed by atoms with Crippen molar-refractivity contribution in [3.05, 3.63) is 35.4 Å². The third-order valence-electron chi connectivity index (χ3n) is 1.74. The summed E-state index contributed by atoms with van der Waals surface area (Å²) in [6.07, 6.45) is 3.55. The van der Waals surface area contributed by atoms with Gasteiger partial charge in [-0.15, -0.1) is 0 Å². The van der Waals surface area contributed by atoms with E-state index in [0.717, 1.165) is 0 Å². The van der Waals surface area contributed by atoms with Crippen LogP contribution in [0.2, 0.25) is 5.02 Å². The maximum absolute atomic E-state index is 11.2. The first kappa shape index (κ1) is 13.4. The minimum absolute atomic E-state index is 0.119. The molecule has 0 spiro atoms. The second-order valence-corrected chi connectivity index (χ2v) is 5.88. The molecule has 0 atom stereocenters. The second kappa shape index (κ2) is 5.57. The van der Waals surface area contributed by atoms with Gasteiger partial charge in [-0.2, -0.15) is 0 Å². The maximum atomic E-state index is 11.2. The Kier molecular flexibility index (Phi) is 4.65. The fourth-order valence-corrected chi connectivity index (χ4v) is 2.26. The lowest BCUT2D eigenvalue weighted by atomic mass is 10.3. The van der Waals surface area contributed by atoms with Crippen LogP contribution in [0.5, 0.6) is 5.75 Å². The van der Waals surface area contributed by atoms with E-state index in [-0.39, 0.29) is 22.3 Å². The van der Waals surface area contributed by atoms with Crippen LogP contribution < -0.4 is 4.74 Å². The van der Waals surface area contributed by atoms with Crippen LogP contribution >= 0.6 is 22.3 Å². The third-order valence-corrected chi connectivity index (χ3v) is 3.32. The molecule has 1 rings (SSSR count). The summed E-state index contributed by atoms with van der Waals surface area (Å²) >= 11 is 5.69. The van der Waals surface area contributed by atoms with Crippen molar-refractivity contribution in [3.63, 3.8) is 0 Å². The Bertz CT molecular complexity index is 495. The zero-order valence-corrected chi connectivity index (χ0v) is 10.8. The summed E-state index contributed by atoms with van der Waals surface area (Å²) in [5.41, 5.74) is 0. The summed E-state index contributed by atoms with van der Waals surface area (Å²) in [5.74, 6) is 0.192. The highest BCUT2D eigenvalue weighted by atomic mass is 35.7. The van der Waals surface area contributed by atoms with Crippen molar-refractivity contribution >= 4 is 31.3 Å². The molecule has 3 nitrogen and oxygen atoms in total. The van der Waals surface area contributed by atoms with E-state index in [1.54, 1.807) is 12.2 Å². The van der Waals surface area contributed by atoms with Gasteiger partial charge >= 0.3 is 0 Å². The molecule has 0 saturated carbocycles. The Labute approximate surface area is 104 Å². The number of halogens is 2. The molecule has 0 radical (unpaired) electrons. The van der Waals surface area contributed by atoms with Gasteiger partial charge in [-0.3, -0.25) is 0 Å². The maximum Gasteiger partial charge on any atom is 0.265 e. The van der Waals surface area contributed by atoms with Crippen LogP contribution in [0, 0.1) is 0 Å². The normalized spacial score (nSPS) is 11.9. The van der Waals surface area contributed by atoms with Crippen LogP contribution in [0.4, 0.5) is 0 Å². The number of ether oxygens (including phenoxy) is 1. The summed E-state index contributed by atoms with van der Waals surface area (Å²) in [7, 11) is 1.41. The van der Waals surface area contributed by atoms with Crippen LogP contribution in [0.15, 0.2) is 35.2 Å². The molecule has 0 unspecified atom stereocenters. The Balaban J connectivity index is 3.08. The monoisotopic (exact) mass is 280 g/mol. The van der Waals surface area contributed by atoms with E-state index in [1.807, 2.05) is 6.92 Å². The largest absolute Gasteiger partial charge is 0.488 e. The second-order valence-electron chi connectivity index (χ2n) is 2.91. The van der Waals surface area contributed by atoms with Crippen LogP contribution in [0.25, 0.3) is 0 Å². The number of allylic oxidation sites excluding steroid dienone is 1. The quantitative estimate of drug-likeness (QED) is 0.628. The van der Waals surface area contributed by atoms with Crippen LogP contribution in [-0.4, -0.2) is 15.0 Å². The van der Waals surface area contributed by atoms with Crippen molar-refractivity contribution in [1.82, 2.24) is 0 Å². The summed E-state index contributed by atoms with van der Waals surface area (Å²) in [5, 5.41) is 0.289. The lowest BCUT2D eigenvalue weighted by Crippen LogP contribution is -2.00. The molecule has 0 bridgehead atoms. The molecule has 1 aromatic rings. The average molecular weight is 281 g/mol. The lowest BCUT2D eigenvalue weighted by Gasteiger charge is -2.07. The SMILES string of the molecule is C/C=C/COc1ccc(Cl)cc1S(=O)(=O)Cl. The van der Waals surface area contributed by atoms with E-state index in [1.165, 1.54) is 18.2 Å². The Hall–Kier alpha value is -0.710. The van der Waals surface area contributed by atoms with Gasteiger partial charge in [0.1, 0.15) is 17.3 Å². The van der Waals surface area contributed by atoms with Gasteiger partial charge in [-0.25, -0.2) is 8.42 Å². The van der Waals surface area contributed by atoms with E-state index in [2.05, 4.69) is 0 Å². The molecular formula is C10H10Cl2O3S. The highest BCUT2D eigenvalue weighted by Gasteiger charge is 2.17. The van der Waals surface area contributed by atoms with Gasteiger partial charge < -0.3 is 4.74 Å². The molecular weight excluding hydrogens is 271 g/mol. The van der Waals surface area contributed by atoms with Gasteiger partial charge in [-0.1, -0.05) is 23.8 Å². The molecule has 1 aromatic carbocycles. The van der Waals surface area contributed by atoms with Crippen molar-refractivity contribution in [2.45, 2.75) is 11.8 Å². The highest BCUT2D eigenvalue weighted by molar-refractivity contribution is 8.13. The fraction of sp³-hybridized carbons (Fsp3) is 0.200. The Morgan fingerprint density at radius 1 is 1.44 bits per heavy atom. The van der Waals surface area contributed by atoms with Crippen LogP contribution in [0.1, 0.15) is 6.92 Å². The first-order valence-electron chi connectivity index (χ1n) is 4.43. The summed E-state index contributed by atoms with van der Waals surface area (Å²) in [6, 6.07) is 4.27. The molecule has 0 aliphatic heterocycles. The van der Waals surface area contributed by atoms with Crippen molar-refractivity contribution in [1.29, 1.82) is 0 Å². The van der Waals surface area contributed by atoms with Crippen molar-refractivity contribution < 1.29 is 13.2 Å². The lowest BCUT2D eigenvalue weighted by molar-refractivity contribution is 0.353. The van der Waals surface area contributed by atoms with Crippen LogP contribution in [-0.2, 0) is 9.05 Å². The number of hydrogen-bond donors (Lipinski definition) is 0. The van der Waals surface area contributed by atoms with Crippen LogP contribution in [0.3, 0.4) is 0 Å². The fourth-order valence-electron chi connectivity index (χ4n) is 1.03.